The van der Waals surface area contributed by atoms with Crippen molar-refractivity contribution in [3.8, 4) is 0 Å². The maximum atomic E-state index is 12.0. The highest BCUT2D eigenvalue weighted by Crippen LogP contribution is 2.32. The van der Waals surface area contributed by atoms with Crippen molar-refractivity contribution in [2.75, 3.05) is 5.73 Å². The molecule has 0 radical (unpaired) electrons. The Morgan fingerprint density at radius 1 is 1.56 bits per heavy atom. The van der Waals surface area contributed by atoms with Crippen LogP contribution in [0.4, 0.5) is 5.69 Å². The van der Waals surface area contributed by atoms with Gasteiger partial charge in [0.1, 0.15) is 0 Å². The molecule has 86 valence electrons. The van der Waals surface area contributed by atoms with Crippen LogP contribution in [-0.4, -0.2) is 11.9 Å². The van der Waals surface area contributed by atoms with E-state index in [1.54, 1.807) is 18.2 Å². The van der Waals surface area contributed by atoms with E-state index in [0.717, 1.165) is 0 Å². The first-order valence-electron chi connectivity index (χ1n) is 5.44. The molecular weight excluding hydrogens is 268 g/mol. The number of hydrogen-bond donors (Lipinski definition) is 2. The third-order valence-electron chi connectivity index (χ3n) is 2.96. The highest BCUT2D eigenvalue weighted by molar-refractivity contribution is 9.10. The lowest BCUT2D eigenvalue weighted by molar-refractivity contribution is 0.0935. The maximum absolute atomic E-state index is 12.0. The molecule has 0 heterocycles. The van der Waals surface area contributed by atoms with Gasteiger partial charge in [0.25, 0.3) is 5.91 Å². The van der Waals surface area contributed by atoms with Crippen molar-refractivity contribution in [1.82, 2.24) is 5.32 Å². The van der Waals surface area contributed by atoms with Crippen LogP contribution in [0.25, 0.3) is 0 Å². The van der Waals surface area contributed by atoms with Crippen molar-refractivity contribution in [1.29, 1.82) is 0 Å². The standard InChI is InChI=1S/C12H15BrN2O/c1-7(8-5-6-8)15-12(16)9-3-2-4-10(14)11(9)13/h2-4,7-8H,5-6,14H2,1H3,(H,15,16). The second-order valence-electron chi connectivity index (χ2n) is 4.31. The van der Waals surface area contributed by atoms with E-state index >= 15 is 0 Å². The second kappa shape index (κ2) is 4.45. The molecule has 0 bridgehead atoms. The molecule has 1 aliphatic rings. The molecule has 0 saturated heterocycles. The molecule has 1 amide bonds. The van der Waals surface area contributed by atoms with E-state index in [-0.39, 0.29) is 11.9 Å². The van der Waals surface area contributed by atoms with Crippen LogP contribution < -0.4 is 11.1 Å². The molecule has 3 nitrogen and oxygen atoms in total. The molecule has 16 heavy (non-hydrogen) atoms. The normalized spacial score (nSPS) is 16.9. The fraction of sp³-hybridized carbons (Fsp3) is 0.417. The Morgan fingerprint density at radius 2 is 2.25 bits per heavy atom. The molecule has 1 aliphatic carbocycles. The third kappa shape index (κ3) is 2.38. The molecular formula is C12H15BrN2O. The van der Waals surface area contributed by atoms with Crippen LogP contribution in [0.5, 0.6) is 0 Å². The van der Waals surface area contributed by atoms with Crippen LogP contribution in [0.1, 0.15) is 30.1 Å². The van der Waals surface area contributed by atoms with Crippen LogP contribution >= 0.6 is 15.9 Å². The van der Waals surface area contributed by atoms with E-state index in [4.69, 9.17) is 5.73 Å². The van der Waals surface area contributed by atoms with Crippen molar-refractivity contribution in [3.05, 3.63) is 28.2 Å². The Hall–Kier alpha value is -1.03. The first-order valence-corrected chi connectivity index (χ1v) is 6.23. The van der Waals surface area contributed by atoms with Gasteiger partial charge in [0.05, 0.1) is 10.0 Å². The number of nitrogens with one attached hydrogen (secondary N) is 1. The fourth-order valence-corrected chi connectivity index (χ4v) is 2.17. The molecule has 1 saturated carbocycles. The van der Waals surface area contributed by atoms with Gasteiger partial charge in [-0.3, -0.25) is 4.79 Å². The number of amides is 1. The molecule has 1 aromatic carbocycles. The number of rotatable bonds is 3. The summed E-state index contributed by atoms with van der Waals surface area (Å²) in [5.41, 5.74) is 6.93. The van der Waals surface area contributed by atoms with Crippen molar-refractivity contribution in [3.63, 3.8) is 0 Å². The molecule has 1 atom stereocenters. The number of anilines is 1. The molecule has 1 fully saturated rings. The van der Waals surface area contributed by atoms with Crippen LogP contribution in [0.2, 0.25) is 0 Å². The van der Waals surface area contributed by atoms with Crippen LogP contribution in [0.3, 0.4) is 0 Å². The zero-order valence-electron chi connectivity index (χ0n) is 9.16. The summed E-state index contributed by atoms with van der Waals surface area (Å²) < 4.78 is 0.676. The predicted molar refractivity (Wildman–Crippen MR) is 68.2 cm³/mol. The van der Waals surface area contributed by atoms with Gasteiger partial charge >= 0.3 is 0 Å². The van der Waals surface area contributed by atoms with Crippen LogP contribution in [0, 0.1) is 5.92 Å². The minimum Gasteiger partial charge on any atom is -0.398 e. The molecule has 2 rings (SSSR count). The summed E-state index contributed by atoms with van der Waals surface area (Å²) in [4.78, 5) is 12.0. The van der Waals surface area contributed by atoms with Crippen LogP contribution in [-0.2, 0) is 0 Å². The summed E-state index contributed by atoms with van der Waals surface area (Å²) in [7, 11) is 0. The smallest absolute Gasteiger partial charge is 0.252 e. The van der Waals surface area contributed by atoms with Gasteiger partial charge < -0.3 is 11.1 Å². The molecule has 0 spiro atoms. The maximum Gasteiger partial charge on any atom is 0.252 e. The van der Waals surface area contributed by atoms with Gasteiger partial charge in [-0.2, -0.15) is 0 Å². The first kappa shape index (κ1) is 11.5. The first-order chi connectivity index (χ1) is 7.59. The summed E-state index contributed by atoms with van der Waals surface area (Å²) >= 11 is 3.34. The van der Waals surface area contributed by atoms with E-state index in [1.807, 2.05) is 0 Å². The van der Waals surface area contributed by atoms with E-state index in [2.05, 4.69) is 28.2 Å². The van der Waals surface area contributed by atoms with Gasteiger partial charge in [-0.15, -0.1) is 0 Å². The minimum atomic E-state index is -0.0569. The SMILES string of the molecule is CC(NC(=O)c1cccc(N)c1Br)C1CC1. The van der Waals surface area contributed by atoms with Crippen LogP contribution in [0.15, 0.2) is 22.7 Å². The zero-order chi connectivity index (χ0) is 11.7. The number of benzene rings is 1. The van der Waals surface area contributed by atoms with Crippen molar-refractivity contribution in [2.45, 2.75) is 25.8 Å². The Labute approximate surface area is 104 Å². The summed E-state index contributed by atoms with van der Waals surface area (Å²) in [6.07, 6.45) is 2.44. The number of nitrogen functional groups attached to an aromatic ring is 1. The van der Waals surface area contributed by atoms with Crippen molar-refractivity contribution in [2.24, 2.45) is 5.92 Å². The topological polar surface area (TPSA) is 55.1 Å². The Balaban J connectivity index is 2.10. The number of hydrogen-bond acceptors (Lipinski definition) is 2. The highest BCUT2D eigenvalue weighted by atomic mass is 79.9. The van der Waals surface area contributed by atoms with E-state index < -0.39 is 0 Å². The predicted octanol–water partition coefficient (Wildman–Crippen LogP) is 2.56. The second-order valence-corrected chi connectivity index (χ2v) is 5.10. The van der Waals surface area contributed by atoms with E-state index in [0.29, 0.717) is 21.6 Å². The van der Waals surface area contributed by atoms with Crippen molar-refractivity contribution >= 4 is 27.5 Å². The number of halogens is 1. The largest absolute Gasteiger partial charge is 0.398 e. The average molecular weight is 283 g/mol. The minimum absolute atomic E-state index is 0.0569. The zero-order valence-corrected chi connectivity index (χ0v) is 10.8. The molecule has 0 aliphatic heterocycles. The molecule has 0 aromatic heterocycles. The van der Waals surface area contributed by atoms with Gasteiger partial charge in [-0.25, -0.2) is 0 Å². The summed E-state index contributed by atoms with van der Waals surface area (Å²) in [5.74, 6) is 0.599. The van der Waals surface area contributed by atoms with Gasteiger partial charge in [-0.05, 0) is 53.7 Å². The van der Waals surface area contributed by atoms with Crippen molar-refractivity contribution < 1.29 is 4.79 Å². The van der Waals surface area contributed by atoms with E-state index in [9.17, 15) is 4.79 Å². The van der Waals surface area contributed by atoms with Gasteiger partial charge in [0.15, 0.2) is 0 Å². The van der Waals surface area contributed by atoms with E-state index in [1.165, 1.54) is 12.8 Å². The fourth-order valence-electron chi connectivity index (χ4n) is 1.72. The molecule has 3 N–H and O–H groups in total. The quantitative estimate of drug-likeness (QED) is 0.838. The van der Waals surface area contributed by atoms with Gasteiger partial charge in [0.2, 0.25) is 0 Å². The third-order valence-corrected chi connectivity index (χ3v) is 3.85. The molecule has 4 heteroatoms. The van der Waals surface area contributed by atoms with Gasteiger partial charge in [-0.1, -0.05) is 6.07 Å². The summed E-state index contributed by atoms with van der Waals surface area (Å²) in [6.45, 7) is 2.05. The lowest BCUT2D eigenvalue weighted by Crippen LogP contribution is -2.34. The highest BCUT2D eigenvalue weighted by Gasteiger charge is 2.29. The Kier molecular flexibility index (Phi) is 3.19. The summed E-state index contributed by atoms with van der Waals surface area (Å²) in [6, 6.07) is 5.58. The lowest BCUT2D eigenvalue weighted by Gasteiger charge is -2.14. The number of carbonyl (C=O) groups is 1. The Morgan fingerprint density at radius 3 is 2.88 bits per heavy atom. The lowest BCUT2D eigenvalue weighted by atomic mass is 10.1. The average Bonchev–Trinajstić information content (AvgIpc) is 3.05. The molecule has 1 aromatic rings. The number of carbonyl (C=O) groups excluding carboxylic acids is 1. The summed E-state index contributed by atoms with van der Waals surface area (Å²) in [5, 5.41) is 3.00. The van der Waals surface area contributed by atoms with Gasteiger partial charge in [0, 0.05) is 11.7 Å². The monoisotopic (exact) mass is 282 g/mol. The Bertz CT molecular complexity index is 415. The number of nitrogens with two attached hydrogens (primary N) is 1. The molecule has 1 unspecified atom stereocenters.